The van der Waals surface area contributed by atoms with E-state index >= 15 is 0 Å². The average Bonchev–Trinajstić information content (AvgIpc) is 2.62. The van der Waals surface area contributed by atoms with Gasteiger partial charge in [-0.25, -0.2) is 13.8 Å². The van der Waals surface area contributed by atoms with Gasteiger partial charge < -0.3 is 11.1 Å². The molecule has 0 radical (unpaired) electrons. The number of nitrogens with two attached hydrogens (primary N) is 1. The number of nitrogen functional groups attached to an aromatic ring is 1. The molecule has 1 aliphatic carbocycles. The molecule has 6 heteroatoms. The number of nitrogens with zero attached hydrogens (tertiary/aromatic N) is 2. The number of rotatable bonds is 3. The monoisotopic (exact) mass is 266 g/mol. The van der Waals surface area contributed by atoms with Crippen molar-refractivity contribution in [3.8, 4) is 6.07 Å². The summed E-state index contributed by atoms with van der Waals surface area (Å²) >= 11 is 0. The highest BCUT2D eigenvalue weighted by Gasteiger charge is 2.53. The molecule has 0 spiro atoms. The van der Waals surface area contributed by atoms with Crippen molar-refractivity contribution in [3.05, 3.63) is 17.8 Å². The zero-order chi connectivity index (χ0) is 14.1. The van der Waals surface area contributed by atoms with Crippen molar-refractivity contribution < 1.29 is 8.78 Å². The van der Waals surface area contributed by atoms with Gasteiger partial charge in [0.1, 0.15) is 17.5 Å². The molecule has 1 heterocycles. The predicted octanol–water partition coefficient (Wildman–Crippen LogP) is 2.77. The predicted molar refractivity (Wildman–Crippen MR) is 68.8 cm³/mol. The van der Waals surface area contributed by atoms with Crippen molar-refractivity contribution in [3.63, 3.8) is 0 Å². The molecule has 1 saturated carbocycles. The molecule has 2 rings (SSSR count). The lowest BCUT2D eigenvalue weighted by molar-refractivity contribution is -0.0829. The molecular weight excluding hydrogens is 250 g/mol. The minimum Gasteiger partial charge on any atom is -0.383 e. The minimum atomic E-state index is -2.68. The summed E-state index contributed by atoms with van der Waals surface area (Å²) < 4.78 is 27.6. The zero-order valence-electron chi connectivity index (χ0n) is 10.7. The number of halogens is 2. The van der Waals surface area contributed by atoms with Crippen LogP contribution in [-0.4, -0.2) is 17.5 Å². The molecule has 0 aromatic carbocycles. The topological polar surface area (TPSA) is 74.7 Å². The van der Waals surface area contributed by atoms with E-state index in [9.17, 15) is 8.78 Å². The second kappa shape index (κ2) is 4.65. The molecule has 3 N–H and O–H groups in total. The fraction of sp³-hybridized carbons (Fsp3) is 0.538. The van der Waals surface area contributed by atoms with E-state index in [1.807, 2.05) is 6.07 Å². The molecule has 0 saturated heterocycles. The summed E-state index contributed by atoms with van der Waals surface area (Å²) in [7, 11) is 0. The Labute approximate surface area is 110 Å². The summed E-state index contributed by atoms with van der Waals surface area (Å²) in [6.45, 7) is 1.68. The molecule has 0 amide bonds. The zero-order valence-corrected chi connectivity index (χ0v) is 10.7. The maximum Gasteiger partial charge on any atom is 0.255 e. The third-order valence-electron chi connectivity index (χ3n) is 3.86. The van der Waals surface area contributed by atoms with E-state index in [-0.39, 0.29) is 24.3 Å². The van der Waals surface area contributed by atoms with Gasteiger partial charge in [0.05, 0.1) is 5.69 Å². The Bertz CT molecular complexity index is 524. The van der Waals surface area contributed by atoms with Crippen LogP contribution < -0.4 is 11.1 Å². The Kier molecular flexibility index (Phi) is 3.31. The molecule has 1 unspecified atom stereocenters. The summed E-state index contributed by atoms with van der Waals surface area (Å²) in [5, 5.41) is 11.9. The summed E-state index contributed by atoms with van der Waals surface area (Å²) in [6.07, 6.45) is 2.37. The molecule has 1 aromatic heterocycles. The van der Waals surface area contributed by atoms with Crippen LogP contribution in [-0.2, 0) is 0 Å². The maximum absolute atomic E-state index is 13.8. The van der Waals surface area contributed by atoms with E-state index in [2.05, 4.69) is 10.3 Å². The number of hydrogen-bond acceptors (Lipinski definition) is 4. The number of pyridine rings is 1. The van der Waals surface area contributed by atoms with E-state index in [4.69, 9.17) is 11.0 Å². The van der Waals surface area contributed by atoms with Crippen molar-refractivity contribution in [2.45, 2.75) is 32.1 Å². The molecule has 1 aliphatic rings. The van der Waals surface area contributed by atoms with E-state index in [0.29, 0.717) is 18.5 Å². The first kappa shape index (κ1) is 13.5. The molecule has 0 aliphatic heterocycles. The lowest BCUT2D eigenvalue weighted by Gasteiger charge is -2.31. The Morgan fingerprint density at radius 3 is 2.84 bits per heavy atom. The average molecular weight is 266 g/mol. The van der Waals surface area contributed by atoms with Gasteiger partial charge in [-0.15, -0.1) is 0 Å². The van der Waals surface area contributed by atoms with Crippen LogP contribution in [0.3, 0.4) is 0 Å². The minimum absolute atomic E-state index is 0.0746. The molecule has 1 atom stereocenters. The van der Waals surface area contributed by atoms with Gasteiger partial charge in [0.25, 0.3) is 5.92 Å². The molecule has 4 nitrogen and oxygen atoms in total. The first-order valence-electron chi connectivity index (χ1n) is 6.16. The second-order valence-electron chi connectivity index (χ2n) is 5.20. The Morgan fingerprint density at radius 2 is 2.26 bits per heavy atom. The molecule has 19 heavy (non-hydrogen) atoms. The van der Waals surface area contributed by atoms with Crippen LogP contribution in [0.25, 0.3) is 0 Å². The number of alkyl halides is 2. The van der Waals surface area contributed by atoms with Gasteiger partial charge in [-0.2, -0.15) is 5.26 Å². The fourth-order valence-electron chi connectivity index (χ4n) is 2.44. The van der Waals surface area contributed by atoms with Crippen LogP contribution in [0.15, 0.2) is 12.3 Å². The third kappa shape index (κ3) is 2.33. The van der Waals surface area contributed by atoms with E-state index in [1.165, 1.54) is 6.20 Å². The van der Waals surface area contributed by atoms with Crippen LogP contribution in [0.5, 0.6) is 0 Å². The van der Waals surface area contributed by atoms with Crippen LogP contribution in [0, 0.1) is 16.7 Å². The van der Waals surface area contributed by atoms with Crippen molar-refractivity contribution in [1.29, 1.82) is 5.26 Å². The first-order chi connectivity index (χ1) is 8.89. The Hall–Kier alpha value is -1.90. The molecule has 102 valence electrons. The largest absolute Gasteiger partial charge is 0.383 e. The first-order valence-corrected chi connectivity index (χ1v) is 6.16. The van der Waals surface area contributed by atoms with Gasteiger partial charge in [0, 0.05) is 24.6 Å². The Morgan fingerprint density at radius 1 is 1.53 bits per heavy atom. The van der Waals surface area contributed by atoms with Crippen molar-refractivity contribution >= 4 is 11.5 Å². The molecule has 1 fully saturated rings. The summed E-state index contributed by atoms with van der Waals surface area (Å²) in [6, 6.07) is 3.51. The van der Waals surface area contributed by atoms with Crippen LogP contribution in [0.4, 0.5) is 20.3 Å². The van der Waals surface area contributed by atoms with Crippen molar-refractivity contribution in [1.82, 2.24) is 4.98 Å². The van der Waals surface area contributed by atoms with Crippen LogP contribution in [0.1, 0.15) is 31.7 Å². The van der Waals surface area contributed by atoms with Gasteiger partial charge in [-0.1, -0.05) is 6.92 Å². The number of anilines is 2. The number of nitrogens with one attached hydrogen (secondary N) is 1. The lowest BCUT2D eigenvalue weighted by atomic mass is 9.85. The standard InChI is InChI=1S/C13H16F2N4/c1-12(4-2-5-13(12,14)15)8-19-10-3-6-18-11(17)9(10)7-16/h3,6H,2,4-5,8H2,1H3,(H3,17,18,19). The molecular formula is C13H16F2N4. The van der Waals surface area contributed by atoms with E-state index in [0.717, 1.165) is 0 Å². The summed E-state index contributed by atoms with van der Waals surface area (Å²) in [4.78, 5) is 3.80. The van der Waals surface area contributed by atoms with Crippen molar-refractivity contribution in [2.24, 2.45) is 5.41 Å². The molecule has 0 bridgehead atoms. The smallest absolute Gasteiger partial charge is 0.255 e. The maximum atomic E-state index is 13.8. The number of hydrogen-bond donors (Lipinski definition) is 2. The fourth-order valence-corrected chi connectivity index (χ4v) is 2.44. The van der Waals surface area contributed by atoms with Gasteiger partial charge >= 0.3 is 0 Å². The summed E-state index contributed by atoms with van der Waals surface area (Å²) in [5.41, 5.74) is 5.15. The SMILES string of the molecule is CC1(CNc2ccnc(N)c2C#N)CCCC1(F)F. The van der Waals surface area contributed by atoms with Gasteiger partial charge in [-0.3, -0.25) is 0 Å². The number of nitriles is 1. The highest BCUT2D eigenvalue weighted by Crippen LogP contribution is 2.50. The normalized spacial score (nSPS) is 24.9. The summed E-state index contributed by atoms with van der Waals surface area (Å²) in [5.74, 6) is -2.57. The lowest BCUT2D eigenvalue weighted by Crippen LogP contribution is -2.39. The molecule has 1 aromatic rings. The van der Waals surface area contributed by atoms with E-state index < -0.39 is 11.3 Å². The quantitative estimate of drug-likeness (QED) is 0.882. The van der Waals surface area contributed by atoms with Gasteiger partial charge in [-0.05, 0) is 18.9 Å². The number of aromatic nitrogens is 1. The third-order valence-corrected chi connectivity index (χ3v) is 3.86. The highest BCUT2D eigenvalue weighted by molar-refractivity contribution is 5.66. The van der Waals surface area contributed by atoms with Crippen molar-refractivity contribution in [2.75, 3.05) is 17.6 Å². The second-order valence-corrected chi connectivity index (χ2v) is 5.20. The van der Waals surface area contributed by atoms with E-state index in [1.54, 1.807) is 13.0 Å². The van der Waals surface area contributed by atoms with Gasteiger partial charge in [0.15, 0.2) is 0 Å². The van der Waals surface area contributed by atoms with Crippen LogP contribution >= 0.6 is 0 Å². The highest BCUT2D eigenvalue weighted by atomic mass is 19.3. The van der Waals surface area contributed by atoms with Gasteiger partial charge in [0.2, 0.25) is 0 Å². The van der Waals surface area contributed by atoms with Crippen LogP contribution in [0.2, 0.25) is 0 Å². The Balaban J connectivity index is 2.16.